The Morgan fingerprint density at radius 3 is 2.75 bits per heavy atom. The zero-order valence-corrected chi connectivity index (χ0v) is 18.6. The van der Waals surface area contributed by atoms with Crippen LogP contribution in [0.25, 0.3) is 22.0 Å². The van der Waals surface area contributed by atoms with E-state index < -0.39 is 0 Å². The van der Waals surface area contributed by atoms with Crippen molar-refractivity contribution in [3.8, 4) is 11.1 Å². The van der Waals surface area contributed by atoms with Crippen LogP contribution in [0.2, 0.25) is 5.02 Å². The van der Waals surface area contributed by atoms with Crippen molar-refractivity contribution in [1.82, 2.24) is 9.55 Å². The molecule has 160 valence electrons. The molecule has 0 radical (unpaired) electrons. The molecule has 4 heterocycles. The maximum absolute atomic E-state index is 12.8. The van der Waals surface area contributed by atoms with E-state index in [9.17, 15) is 4.79 Å². The van der Waals surface area contributed by atoms with Crippen LogP contribution in [0, 0.1) is 5.92 Å². The molecule has 6 rings (SSSR count). The molecule has 2 aromatic carbocycles. The molecule has 0 aliphatic carbocycles. The molecule has 4 aromatic rings. The average Bonchev–Trinajstić information content (AvgIpc) is 2.80. The molecular formula is C27H25ClN3O+. The van der Waals surface area contributed by atoms with Gasteiger partial charge in [0.05, 0.1) is 18.6 Å². The highest BCUT2D eigenvalue weighted by Gasteiger charge is 2.38. The van der Waals surface area contributed by atoms with Gasteiger partial charge in [-0.05, 0) is 42.3 Å². The van der Waals surface area contributed by atoms with Gasteiger partial charge in [-0.2, -0.15) is 0 Å². The summed E-state index contributed by atoms with van der Waals surface area (Å²) in [5.74, 6) is 0.910. The summed E-state index contributed by atoms with van der Waals surface area (Å²) in [6.45, 7) is 3.91. The predicted molar refractivity (Wildman–Crippen MR) is 128 cm³/mol. The third-order valence-corrected chi connectivity index (χ3v) is 7.29. The summed E-state index contributed by atoms with van der Waals surface area (Å²) in [5.41, 5.74) is 5.94. The van der Waals surface area contributed by atoms with E-state index in [1.54, 1.807) is 11.0 Å². The third-order valence-electron chi connectivity index (χ3n) is 7.04. The highest BCUT2D eigenvalue weighted by Crippen LogP contribution is 2.37. The van der Waals surface area contributed by atoms with Gasteiger partial charge in [0.1, 0.15) is 6.54 Å². The lowest BCUT2D eigenvalue weighted by atomic mass is 9.80. The first-order valence-corrected chi connectivity index (χ1v) is 11.7. The molecule has 2 aliphatic rings. The van der Waals surface area contributed by atoms with Crippen molar-refractivity contribution in [1.29, 1.82) is 0 Å². The number of fused-ring (bicyclic) bond motifs is 5. The number of piperidine rings is 1. The van der Waals surface area contributed by atoms with Crippen LogP contribution in [0.15, 0.2) is 77.7 Å². The lowest BCUT2D eigenvalue weighted by Crippen LogP contribution is -3.13. The minimum atomic E-state index is 0.120. The molecule has 1 N–H and O–H groups in total. The second-order valence-electron chi connectivity index (χ2n) is 9.26. The number of nitrogens with zero attached hydrogens (tertiary/aromatic N) is 2. The number of likely N-dealkylation sites (tertiary alicyclic amines) is 1. The Balaban J connectivity index is 1.33. The Morgan fingerprint density at radius 1 is 1.03 bits per heavy atom. The predicted octanol–water partition coefficient (Wildman–Crippen LogP) is 3.92. The highest BCUT2D eigenvalue weighted by molar-refractivity contribution is 6.30. The summed E-state index contributed by atoms with van der Waals surface area (Å²) >= 11 is 6.12. The van der Waals surface area contributed by atoms with Crippen molar-refractivity contribution in [2.24, 2.45) is 5.92 Å². The van der Waals surface area contributed by atoms with E-state index in [1.807, 2.05) is 35.0 Å². The first-order chi connectivity index (χ1) is 15.6. The first-order valence-electron chi connectivity index (χ1n) is 11.3. The second-order valence-corrected chi connectivity index (χ2v) is 9.69. The average molecular weight is 443 g/mol. The fraction of sp³-hybridized carbons (Fsp3) is 0.259. The maximum atomic E-state index is 12.8. The van der Waals surface area contributed by atoms with E-state index >= 15 is 0 Å². The summed E-state index contributed by atoms with van der Waals surface area (Å²) in [6.07, 6.45) is 3.18. The Kier molecular flexibility index (Phi) is 4.85. The summed E-state index contributed by atoms with van der Waals surface area (Å²) in [4.78, 5) is 19.0. The minimum Gasteiger partial charge on any atom is -0.330 e. The zero-order valence-electron chi connectivity index (χ0n) is 17.8. The highest BCUT2D eigenvalue weighted by atomic mass is 35.5. The van der Waals surface area contributed by atoms with E-state index in [0.29, 0.717) is 11.8 Å². The van der Waals surface area contributed by atoms with Crippen LogP contribution >= 0.6 is 11.6 Å². The molecule has 2 aromatic heterocycles. The van der Waals surface area contributed by atoms with Gasteiger partial charge in [0.2, 0.25) is 0 Å². The number of benzene rings is 2. The van der Waals surface area contributed by atoms with Gasteiger partial charge >= 0.3 is 0 Å². The summed E-state index contributed by atoms with van der Waals surface area (Å²) in [6, 6.07) is 22.3. The number of nitrogens with one attached hydrogen (secondary N) is 1. The van der Waals surface area contributed by atoms with Crippen molar-refractivity contribution in [2.75, 3.05) is 13.1 Å². The molecule has 32 heavy (non-hydrogen) atoms. The molecule has 3 atom stereocenters. The van der Waals surface area contributed by atoms with Crippen molar-refractivity contribution in [3.05, 3.63) is 99.6 Å². The number of rotatable bonds is 3. The SMILES string of the molecule is O=c1ccc(-c2ccc(Cl)cc2)c2n1C[C@H]1C[C@@H]2C[NH+](Cc2cnc3ccccc3c2)C1. The molecule has 1 fully saturated rings. The van der Waals surface area contributed by atoms with Crippen LogP contribution in [-0.4, -0.2) is 22.6 Å². The van der Waals surface area contributed by atoms with Gasteiger partial charge < -0.3 is 9.47 Å². The third kappa shape index (κ3) is 3.54. The number of pyridine rings is 2. The lowest BCUT2D eigenvalue weighted by Gasteiger charge is -2.41. The fourth-order valence-electron chi connectivity index (χ4n) is 5.76. The standard InChI is InChI=1S/C27H24ClN3O/c28-23-7-5-20(6-8-23)24-9-10-26(32)31-16-19-12-22(27(24)31)17-30(15-19)14-18-11-21-3-1-2-4-25(21)29-13-18/h1-11,13,19,22H,12,14-17H2/p+1/t19-,22+/m0/s1. The summed E-state index contributed by atoms with van der Waals surface area (Å²) in [7, 11) is 0. The van der Waals surface area contributed by atoms with Gasteiger partial charge in [-0.15, -0.1) is 0 Å². The molecular weight excluding hydrogens is 418 g/mol. The molecule has 4 nitrogen and oxygen atoms in total. The molecule has 1 unspecified atom stereocenters. The molecule has 2 aliphatic heterocycles. The van der Waals surface area contributed by atoms with Gasteiger partial charge in [-0.25, -0.2) is 0 Å². The number of halogens is 1. The first kappa shape index (κ1) is 19.7. The van der Waals surface area contributed by atoms with Crippen LogP contribution in [0.1, 0.15) is 23.6 Å². The topological polar surface area (TPSA) is 39.3 Å². The zero-order chi connectivity index (χ0) is 21.7. The van der Waals surface area contributed by atoms with E-state index in [4.69, 9.17) is 11.6 Å². The molecule has 0 spiro atoms. The molecule has 2 bridgehead atoms. The quantitative estimate of drug-likeness (QED) is 0.522. The molecule has 0 amide bonds. The van der Waals surface area contributed by atoms with Crippen molar-refractivity contribution >= 4 is 22.5 Å². The number of para-hydroxylation sites is 1. The number of aromatic nitrogens is 2. The van der Waals surface area contributed by atoms with E-state index in [2.05, 4.69) is 41.4 Å². The van der Waals surface area contributed by atoms with E-state index in [1.165, 1.54) is 22.2 Å². The summed E-state index contributed by atoms with van der Waals surface area (Å²) < 4.78 is 2.04. The lowest BCUT2D eigenvalue weighted by molar-refractivity contribution is -0.924. The van der Waals surface area contributed by atoms with E-state index in [0.717, 1.165) is 48.7 Å². The molecule has 1 saturated heterocycles. The summed E-state index contributed by atoms with van der Waals surface area (Å²) in [5, 5.41) is 1.93. The van der Waals surface area contributed by atoms with Crippen LogP contribution < -0.4 is 10.5 Å². The van der Waals surface area contributed by atoms with Gasteiger partial charge in [0, 0.05) is 57.9 Å². The van der Waals surface area contributed by atoms with Crippen LogP contribution in [-0.2, 0) is 13.1 Å². The molecule has 0 saturated carbocycles. The molecule has 5 heteroatoms. The van der Waals surface area contributed by atoms with Gasteiger partial charge in [0.25, 0.3) is 5.56 Å². The van der Waals surface area contributed by atoms with Crippen LogP contribution in [0.4, 0.5) is 0 Å². The Morgan fingerprint density at radius 2 is 1.88 bits per heavy atom. The van der Waals surface area contributed by atoms with Gasteiger partial charge in [-0.1, -0.05) is 41.9 Å². The van der Waals surface area contributed by atoms with Gasteiger partial charge in [-0.3, -0.25) is 9.78 Å². The van der Waals surface area contributed by atoms with Gasteiger partial charge in [0.15, 0.2) is 0 Å². The van der Waals surface area contributed by atoms with Crippen LogP contribution in [0.3, 0.4) is 0 Å². The largest absolute Gasteiger partial charge is 0.330 e. The Bertz CT molecular complexity index is 1360. The van der Waals surface area contributed by atoms with Crippen molar-refractivity contribution < 1.29 is 4.90 Å². The second kappa shape index (κ2) is 7.88. The smallest absolute Gasteiger partial charge is 0.250 e. The fourth-order valence-corrected chi connectivity index (χ4v) is 5.88. The Hall–Kier alpha value is -2.95. The number of hydrogen-bond acceptors (Lipinski definition) is 2. The van der Waals surface area contributed by atoms with E-state index in [-0.39, 0.29) is 5.56 Å². The van der Waals surface area contributed by atoms with Crippen molar-refractivity contribution in [3.63, 3.8) is 0 Å². The number of quaternary nitrogens is 1. The van der Waals surface area contributed by atoms with Crippen molar-refractivity contribution in [2.45, 2.75) is 25.4 Å². The normalized spacial score (nSPS) is 22.0. The minimum absolute atomic E-state index is 0.120. The number of hydrogen-bond donors (Lipinski definition) is 1. The van der Waals surface area contributed by atoms with Crippen LogP contribution in [0.5, 0.6) is 0 Å². The Labute approximate surface area is 192 Å². The monoisotopic (exact) mass is 442 g/mol. The maximum Gasteiger partial charge on any atom is 0.250 e.